The Morgan fingerprint density at radius 2 is 2.04 bits per heavy atom. The van der Waals surface area contributed by atoms with Gasteiger partial charge in [-0.25, -0.2) is 4.98 Å². The van der Waals surface area contributed by atoms with Crippen LogP contribution in [0.5, 0.6) is 0 Å². The van der Waals surface area contributed by atoms with Crippen LogP contribution in [0.4, 0.5) is 0 Å². The number of hydrogen-bond donors (Lipinski definition) is 1. The quantitative estimate of drug-likeness (QED) is 0.767. The SMILES string of the molecule is O=C(Cc1csc(Cc2cccc(Cl)c2)n1)NCCC(=O)N1CCCCC1. The Kier molecular flexibility index (Phi) is 7.24. The molecule has 1 fully saturated rings. The number of rotatable bonds is 7. The number of halogens is 1. The maximum Gasteiger partial charge on any atom is 0.226 e. The topological polar surface area (TPSA) is 62.3 Å². The van der Waals surface area contributed by atoms with Crippen molar-refractivity contribution in [2.45, 2.75) is 38.5 Å². The summed E-state index contributed by atoms with van der Waals surface area (Å²) in [6.45, 7) is 2.08. The van der Waals surface area contributed by atoms with E-state index < -0.39 is 0 Å². The van der Waals surface area contributed by atoms with Gasteiger partial charge >= 0.3 is 0 Å². The van der Waals surface area contributed by atoms with E-state index in [2.05, 4.69) is 10.3 Å². The molecule has 0 atom stereocenters. The molecule has 0 radical (unpaired) electrons. The highest BCUT2D eigenvalue weighted by Gasteiger charge is 2.16. The largest absolute Gasteiger partial charge is 0.355 e. The molecule has 1 N–H and O–H groups in total. The Labute approximate surface area is 168 Å². The van der Waals surface area contributed by atoms with Crippen LogP contribution < -0.4 is 5.32 Å². The zero-order chi connectivity index (χ0) is 19.1. The molecule has 7 heteroatoms. The molecule has 2 heterocycles. The van der Waals surface area contributed by atoms with Crippen LogP contribution in [0.25, 0.3) is 0 Å². The summed E-state index contributed by atoms with van der Waals surface area (Å²) in [7, 11) is 0. The zero-order valence-corrected chi connectivity index (χ0v) is 16.8. The lowest BCUT2D eigenvalue weighted by atomic mass is 10.1. The lowest BCUT2D eigenvalue weighted by molar-refractivity contribution is -0.132. The van der Waals surface area contributed by atoms with Gasteiger partial charge in [0.15, 0.2) is 0 Å². The van der Waals surface area contributed by atoms with E-state index >= 15 is 0 Å². The summed E-state index contributed by atoms with van der Waals surface area (Å²) < 4.78 is 0. The third-order valence-corrected chi connectivity index (χ3v) is 5.69. The van der Waals surface area contributed by atoms with Crippen LogP contribution in [0.15, 0.2) is 29.6 Å². The van der Waals surface area contributed by atoms with Crippen LogP contribution in [0.1, 0.15) is 41.9 Å². The molecule has 1 aromatic heterocycles. The number of thiazole rings is 1. The number of likely N-dealkylation sites (tertiary alicyclic amines) is 1. The molecule has 27 heavy (non-hydrogen) atoms. The van der Waals surface area contributed by atoms with Gasteiger partial charge < -0.3 is 10.2 Å². The maximum absolute atomic E-state index is 12.1. The van der Waals surface area contributed by atoms with Crippen molar-refractivity contribution in [1.82, 2.24) is 15.2 Å². The second kappa shape index (κ2) is 9.85. The normalized spacial score (nSPS) is 14.2. The van der Waals surface area contributed by atoms with E-state index in [9.17, 15) is 9.59 Å². The minimum Gasteiger partial charge on any atom is -0.355 e. The lowest BCUT2D eigenvalue weighted by Gasteiger charge is -2.26. The first-order chi connectivity index (χ1) is 13.1. The molecular formula is C20H24ClN3O2S. The van der Waals surface area contributed by atoms with Crippen LogP contribution in [0.2, 0.25) is 5.02 Å². The molecule has 1 aliphatic heterocycles. The average molecular weight is 406 g/mol. The van der Waals surface area contributed by atoms with Crippen molar-refractivity contribution < 1.29 is 9.59 Å². The molecule has 1 aliphatic rings. The summed E-state index contributed by atoms with van der Waals surface area (Å²) in [4.78, 5) is 30.6. The first-order valence-electron chi connectivity index (χ1n) is 9.32. The average Bonchev–Trinajstić information content (AvgIpc) is 3.09. The molecule has 1 aromatic carbocycles. The third-order valence-electron chi connectivity index (χ3n) is 4.56. The number of carbonyl (C=O) groups is 2. The molecule has 144 valence electrons. The Bertz CT molecular complexity index is 787. The van der Waals surface area contributed by atoms with Crippen molar-refractivity contribution in [1.29, 1.82) is 0 Å². The molecule has 5 nitrogen and oxygen atoms in total. The number of amides is 2. The van der Waals surface area contributed by atoms with Crippen LogP contribution >= 0.6 is 22.9 Å². The van der Waals surface area contributed by atoms with Gasteiger partial charge in [-0.2, -0.15) is 0 Å². The van der Waals surface area contributed by atoms with Crippen LogP contribution in [0, 0.1) is 0 Å². The van der Waals surface area contributed by atoms with Gasteiger partial charge in [0.05, 0.1) is 17.1 Å². The summed E-state index contributed by atoms with van der Waals surface area (Å²) in [5, 5.41) is 6.41. The fourth-order valence-electron chi connectivity index (χ4n) is 3.17. The van der Waals surface area contributed by atoms with E-state index in [1.54, 1.807) is 11.3 Å². The minimum atomic E-state index is -0.0963. The molecule has 1 saturated heterocycles. The van der Waals surface area contributed by atoms with Crippen molar-refractivity contribution in [2.24, 2.45) is 0 Å². The van der Waals surface area contributed by atoms with Crippen molar-refractivity contribution in [2.75, 3.05) is 19.6 Å². The smallest absolute Gasteiger partial charge is 0.226 e. The highest BCUT2D eigenvalue weighted by atomic mass is 35.5. The Morgan fingerprint density at radius 1 is 1.22 bits per heavy atom. The summed E-state index contributed by atoms with van der Waals surface area (Å²) in [6.07, 6.45) is 4.68. The Morgan fingerprint density at radius 3 is 2.81 bits per heavy atom. The summed E-state index contributed by atoms with van der Waals surface area (Å²) in [6, 6.07) is 7.71. The minimum absolute atomic E-state index is 0.0963. The molecule has 0 aliphatic carbocycles. The van der Waals surface area contributed by atoms with E-state index in [0.717, 1.165) is 42.2 Å². The highest BCUT2D eigenvalue weighted by Crippen LogP contribution is 2.18. The fourth-order valence-corrected chi connectivity index (χ4v) is 4.21. The van der Waals surface area contributed by atoms with E-state index in [1.165, 1.54) is 6.42 Å². The van der Waals surface area contributed by atoms with Crippen molar-refractivity contribution in [3.8, 4) is 0 Å². The number of nitrogens with zero attached hydrogens (tertiary/aromatic N) is 2. The summed E-state index contributed by atoms with van der Waals surface area (Å²) in [5.41, 5.74) is 1.86. The monoisotopic (exact) mass is 405 g/mol. The Hall–Kier alpha value is -1.92. The molecule has 2 aromatic rings. The van der Waals surface area contributed by atoms with Gasteiger partial charge in [0.2, 0.25) is 11.8 Å². The van der Waals surface area contributed by atoms with E-state index in [0.29, 0.717) is 24.4 Å². The van der Waals surface area contributed by atoms with Gasteiger partial charge in [-0.1, -0.05) is 23.7 Å². The van der Waals surface area contributed by atoms with Crippen LogP contribution in [-0.2, 0) is 22.4 Å². The van der Waals surface area contributed by atoms with E-state index in [-0.39, 0.29) is 18.2 Å². The van der Waals surface area contributed by atoms with Gasteiger partial charge in [-0.05, 0) is 37.0 Å². The highest BCUT2D eigenvalue weighted by molar-refractivity contribution is 7.09. The molecule has 3 rings (SSSR count). The second-order valence-corrected chi connectivity index (χ2v) is 8.14. The zero-order valence-electron chi connectivity index (χ0n) is 15.2. The number of hydrogen-bond acceptors (Lipinski definition) is 4. The first-order valence-corrected chi connectivity index (χ1v) is 10.6. The molecule has 0 unspecified atom stereocenters. The first kappa shape index (κ1) is 19.8. The number of aromatic nitrogens is 1. The second-order valence-electron chi connectivity index (χ2n) is 6.76. The molecular weight excluding hydrogens is 382 g/mol. The van der Waals surface area contributed by atoms with Crippen LogP contribution in [-0.4, -0.2) is 41.3 Å². The van der Waals surface area contributed by atoms with Gasteiger partial charge in [0.1, 0.15) is 0 Å². The maximum atomic E-state index is 12.1. The van der Waals surface area contributed by atoms with E-state index in [4.69, 9.17) is 11.6 Å². The van der Waals surface area contributed by atoms with Crippen molar-refractivity contribution >= 4 is 34.8 Å². The number of benzene rings is 1. The van der Waals surface area contributed by atoms with Crippen molar-refractivity contribution in [3.63, 3.8) is 0 Å². The van der Waals surface area contributed by atoms with Gasteiger partial charge in [-0.15, -0.1) is 11.3 Å². The van der Waals surface area contributed by atoms with Gasteiger partial charge in [-0.3, -0.25) is 9.59 Å². The molecule has 2 amide bonds. The predicted molar refractivity (Wildman–Crippen MR) is 108 cm³/mol. The Balaban J connectivity index is 1.40. The van der Waals surface area contributed by atoms with Crippen molar-refractivity contribution in [3.05, 3.63) is 50.9 Å². The van der Waals surface area contributed by atoms with E-state index in [1.807, 2.05) is 34.5 Å². The number of carbonyl (C=O) groups excluding carboxylic acids is 2. The summed E-state index contributed by atoms with van der Waals surface area (Å²) in [5.74, 6) is 0.0357. The standard InChI is InChI=1S/C20H24ClN3O2S/c21-16-6-4-5-15(11-16)12-19-23-17(14-27-19)13-18(25)22-8-7-20(26)24-9-2-1-3-10-24/h4-6,11,14H,1-3,7-10,12-13H2,(H,22,25). The third kappa shape index (κ3) is 6.33. The predicted octanol–water partition coefficient (Wildman–Crippen LogP) is 3.45. The lowest BCUT2D eigenvalue weighted by Crippen LogP contribution is -2.38. The fraction of sp³-hybridized carbons (Fsp3) is 0.450. The number of piperidine rings is 1. The molecule has 0 bridgehead atoms. The van der Waals surface area contributed by atoms with Gasteiger partial charge in [0.25, 0.3) is 0 Å². The number of nitrogens with one attached hydrogen (secondary N) is 1. The molecule has 0 saturated carbocycles. The summed E-state index contributed by atoms with van der Waals surface area (Å²) >= 11 is 7.55. The molecule has 0 spiro atoms. The van der Waals surface area contributed by atoms with Gasteiger partial charge in [0, 0.05) is 42.9 Å². The van der Waals surface area contributed by atoms with Crippen LogP contribution in [0.3, 0.4) is 0 Å².